The van der Waals surface area contributed by atoms with E-state index in [4.69, 9.17) is 11.6 Å². The third kappa shape index (κ3) is 1.82. The Kier molecular flexibility index (Phi) is 3.34. The van der Waals surface area contributed by atoms with E-state index in [1.807, 2.05) is 13.0 Å². The third-order valence-electron chi connectivity index (χ3n) is 3.54. The quantitative estimate of drug-likeness (QED) is 0.757. The monoisotopic (exact) mass is 272 g/mol. The maximum absolute atomic E-state index is 12.0. The number of halogens is 2. The average molecular weight is 273 g/mol. The molecule has 17 heavy (non-hydrogen) atoms. The zero-order chi connectivity index (χ0) is 11.3. The average Bonchev–Trinajstić information content (AvgIpc) is 2.70. The van der Waals surface area contributed by atoms with Crippen LogP contribution in [0.5, 0.6) is 0 Å². The predicted molar refractivity (Wildman–Crippen MR) is 70.3 cm³/mol. The van der Waals surface area contributed by atoms with Crippen LogP contribution in [0.4, 0.5) is 0 Å². The first-order valence-electron chi connectivity index (χ1n) is 5.49. The minimum absolute atomic E-state index is 0. The van der Waals surface area contributed by atoms with Crippen molar-refractivity contribution in [2.75, 3.05) is 13.1 Å². The summed E-state index contributed by atoms with van der Waals surface area (Å²) >= 11 is 6.12. The zero-order valence-corrected chi connectivity index (χ0v) is 11.0. The van der Waals surface area contributed by atoms with Gasteiger partial charge >= 0.3 is 0 Å². The molecule has 92 valence electrons. The lowest BCUT2D eigenvalue weighted by molar-refractivity contribution is 0.0924. The molecule has 0 radical (unpaired) electrons. The smallest absolute Gasteiger partial charge is 0.253 e. The lowest BCUT2D eigenvalue weighted by Gasteiger charge is -2.30. The summed E-state index contributed by atoms with van der Waals surface area (Å²) in [5.41, 5.74) is 2.96. The summed E-state index contributed by atoms with van der Waals surface area (Å²) < 4.78 is 0. The molecule has 3 rings (SSSR count). The van der Waals surface area contributed by atoms with E-state index in [-0.39, 0.29) is 24.4 Å². The molecule has 1 aromatic carbocycles. The van der Waals surface area contributed by atoms with Crippen molar-refractivity contribution in [1.82, 2.24) is 10.6 Å². The molecule has 2 aliphatic heterocycles. The minimum Gasteiger partial charge on any atom is -0.347 e. The van der Waals surface area contributed by atoms with E-state index >= 15 is 0 Å². The molecule has 2 N–H and O–H groups in total. The molecule has 2 atom stereocenters. The van der Waals surface area contributed by atoms with Gasteiger partial charge in [-0.25, -0.2) is 0 Å². The molecule has 0 aliphatic carbocycles. The number of hydrogen-bond acceptors (Lipinski definition) is 2. The van der Waals surface area contributed by atoms with Crippen molar-refractivity contribution in [2.24, 2.45) is 0 Å². The van der Waals surface area contributed by atoms with E-state index in [0.29, 0.717) is 16.5 Å². The van der Waals surface area contributed by atoms with Gasteiger partial charge in [-0.1, -0.05) is 17.7 Å². The SMILES string of the molecule is Cc1ccc(Cl)c2c1[C@@H]1CNC[C@H]1NC2=O.Cl. The predicted octanol–water partition coefficient (Wildman–Crippen LogP) is 1.87. The number of fused-ring (bicyclic) bond motifs is 3. The van der Waals surface area contributed by atoms with Gasteiger partial charge in [-0.3, -0.25) is 4.79 Å². The van der Waals surface area contributed by atoms with Crippen molar-refractivity contribution in [2.45, 2.75) is 18.9 Å². The summed E-state index contributed by atoms with van der Waals surface area (Å²) in [5, 5.41) is 6.89. The maximum Gasteiger partial charge on any atom is 0.253 e. The molecule has 0 unspecified atom stereocenters. The van der Waals surface area contributed by atoms with Gasteiger partial charge in [-0.2, -0.15) is 0 Å². The van der Waals surface area contributed by atoms with Crippen molar-refractivity contribution >= 4 is 29.9 Å². The summed E-state index contributed by atoms with van der Waals surface area (Å²) in [7, 11) is 0. The summed E-state index contributed by atoms with van der Waals surface area (Å²) in [4.78, 5) is 12.0. The fourth-order valence-corrected chi connectivity index (χ4v) is 3.03. The Morgan fingerprint density at radius 3 is 2.88 bits per heavy atom. The molecule has 3 nitrogen and oxygen atoms in total. The van der Waals surface area contributed by atoms with Crippen LogP contribution in [0.3, 0.4) is 0 Å². The van der Waals surface area contributed by atoms with Crippen LogP contribution < -0.4 is 10.6 Å². The highest BCUT2D eigenvalue weighted by Gasteiger charge is 2.38. The molecular weight excluding hydrogens is 259 g/mol. The molecule has 1 fully saturated rings. The van der Waals surface area contributed by atoms with Crippen LogP contribution in [-0.2, 0) is 0 Å². The number of benzene rings is 1. The van der Waals surface area contributed by atoms with Gasteiger partial charge in [0.25, 0.3) is 5.91 Å². The second-order valence-corrected chi connectivity index (χ2v) is 4.90. The standard InChI is InChI=1S/C12H13ClN2O.ClH/c1-6-2-3-8(13)11-10(6)7-4-14-5-9(7)15-12(11)16;/h2-3,7,9,14H,4-5H2,1H3,(H,15,16);1H/t7-,9-;/m1./s1. The fourth-order valence-electron chi connectivity index (χ4n) is 2.78. The lowest BCUT2D eigenvalue weighted by atomic mass is 9.83. The van der Waals surface area contributed by atoms with Gasteiger partial charge in [0, 0.05) is 25.0 Å². The first-order valence-corrected chi connectivity index (χ1v) is 5.87. The van der Waals surface area contributed by atoms with E-state index in [2.05, 4.69) is 10.6 Å². The van der Waals surface area contributed by atoms with Gasteiger partial charge in [-0.05, 0) is 24.1 Å². The highest BCUT2D eigenvalue weighted by Crippen LogP contribution is 2.36. The number of hydrogen-bond donors (Lipinski definition) is 2. The number of aryl methyl sites for hydroxylation is 1. The molecule has 2 heterocycles. The van der Waals surface area contributed by atoms with Crippen LogP contribution >= 0.6 is 24.0 Å². The number of amides is 1. The highest BCUT2D eigenvalue weighted by molar-refractivity contribution is 6.34. The summed E-state index contributed by atoms with van der Waals surface area (Å²) in [6, 6.07) is 4.02. The molecule has 1 amide bonds. The van der Waals surface area contributed by atoms with Crippen molar-refractivity contribution in [3.8, 4) is 0 Å². The van der Waals surface area contributed by atoms with E-state index < -0.39 is 0 Å². The second kappa shape index (κ2) is 4.48. The molecule has 1 aromatic rings. The number of rotatable bonds is 0. The molecule has 1 saturated heterocycles. The van der Waals surface area contributed by atoms with Crippen molar-refractivity contribution < 1.29 is 4.79 Å². The molecule has 2 aliphatic rings. The Morgan fingerprint density at radius 2 is 2.12 bits per heavy atom. The van der Waals surface area contributed by atoms with Gasteiger partial charge < -0.3 is 10.6 Å². The van der Waals surface area contributed by atoms with Crippen molar-refractivity contribution in [3.05, 3.63) is 33.8 Å². The van der Waals surface area contributed by atoms with E-state index in [1.54, 1.807) is 6.07 Å². The lowest BCUT2D eigenvalue weighted by Crippen LogP contribution is -2.44. The maximum atomic E-state index is 12.0. The van der Waals surface area contributed by atoms with Gasteiger partial charge in [0.05, 0.1) is 10.6 Å². The molecule has 0 spiro atoms. The Hall–Kier alpha value is -0.770. The number of nitrogens with one attached hydrogen (secondary N) is 2. The van der Waals surface area contributed by atoms with Crippen LogP contribution in [-0.4, -0.2) is 25.0 Å². The molecule has 0 saturated carbocycles. The summed E-state index contributed by atoms with van der Waals surface area (Å²) in [5.74, 6) is 0.333. The van der Waals surface area contributed by atoms with Crippen LogP contribution in [0.25, 0.3) is 0 Å². The van der Waals surface area contributed by atoms with Crippen molar-refractivity contribution in [1.29, 1.82) is 0 Å². The first-order chi connectivity index (χ1) is 7.68. The number of carbonyl (C=O) groups excluding carboxylic acids is 1. The van der Waals surface area contributed by atoms with Gasteiger partial charge in [0.15, 0.2) is 0 Å². The molecule has 5 heteroatoms. The second-order valence-electron chi connectivity index (χ2n) is 4.50. The fraction of sp³-hybridized carbons (Fsp3) is 0.417. The van der Waals surface area contributed by atoms with Crippen LogP contribution in [0.1, 0.15) is 27.4 Å². The van der Waals surface area contributed by atoms with Crippen LogP contribution in [0.2, 0.25) is 5.02 Å². The van der Waals surface area contributed by atoms with E-state index in [1.165, 1.54) is 0 Å². The van der Waals surface area contributed by atoms with Gasteiger partial charge in [-0.15, -0.1) is 12.4 Å². The highest BCUT2D eigenvalue weighted by atomic mass is 35.5. The molecule has 0 bridgehead atoms. The first kappa shape index (κ1) is 12.7. The summed E-state index contributed by atoms with van der Waals surface area (Å²) in [6.45, 7) is 3.81. The summed E-state index contributed by atoms with van der Waals surface area (Å²) in [6.07, 6.45) is 0. The Morgan fingerprint density at radius 1 is 1.35 bits per heavy atom. The largest absolute Gasteiger partial charge is 0.347 e. The normalized spacial score (nSPS) is 25.6. The van der Waals surface area contributed by atoms with Crippen LogP contribution in [0.15, 0.2) is 12.1 Å². The van der Waals surface area contributed by atoms with Crippen LogP contribution in [0, 0.1) is 6.92 Å². The third-order valence-corrected chi connectivity index (χ3v) is 3.86. The Labute approximate surface area is 111 Å². The Bertz CT molecular complexity index is 476. The number of carbonyl (C=O) groups is 1. The van der Waals surface area contributed by atoms with Gasteiger partial charge in [0.2, 0.25) is 0 Å². The van der Waals surface area contributed by atoms with E-state index in [0.717, 1.165) is 24.2 Å². The van der Waals surface area contributed by atoms with Gasteiger partial charge in [0.1, 0.15) is 0 Å². The van der Waals surface area contributed by atoms with Crippen molar-refractivity contribution in [3.63, 3.8) is 0 Å². The Balaban J connectivity index is 0.00000108. The minimum atomic E-state index is -0.0337. The topological polar surface area (TPSA) is 41.1 Å². The zero-order valence-electron chi connectivity index (χ0n) is 9.42. The van der Waals surface area contributed by atoms with E-state index in [9.17, 15) is 4.79 Å². The molecule has 0 aromatic heterocycles. The molecular formula is C12H14Cl2N2O.